The summed E-state index contributed by atoms with van der Waals surface area (Å²) in [5, 5.41) is 16.9. The van der Waals surface area contributed by atoms with Gasteiger partial charge < -0.3 is 10.6 Å². The Kier molecular flexibility index (Phi) is 5.06. The Balaban J connectivity index is 1.63. The predicted molar refractivity (Wildman–Crippen MR) is 75.4 cm³/mol. The number of nitrogens with one attached hydrogen (secondary N) is 2. The molecule has 6 nitrogen and oxygen atoms in total. The number of nitro benzene ring substituents is 1. The Bertz CT molecular complexity index is 486. The molecule has 1 aliphatic rings. The molecule has 0 unspecified atom stereocenters. The second-order valence-electron chi connectivity index (χ2n) is 4.95. The molecule has 2 rings (SSSR count). The van der Waals surface area contributed by atoms with E-state index in [1.807, 2.05) is 0 Å². The molecule has 0 spiro atoms. The fourth-order valence-corrected chi connectivity index (χ4v) is 2.01. The summed E-state index contributed by atoms with van der Waals surface area (Å²) in [6.07, 6.45) is 2.63. The zero-order valence-electron chi connectivity index (χ0n) is 11.3. The molecular formula is C14H19N3O3. The highest BCUT2D eigenvalue weighted by atomic mass is 16.6. The van der Waals surface area contributed by atoms with Gasteiger partial charge in [-0.05, 0) is 25.8 Å². The molecule has 20 heavy (non-hydrogen) atoms. The molecule has 1 aromatic rings. The van der Waals surface area contributed by atoms with Crippen molar-refractivity contribution in [3.63, 3.8) is 0 Å². The lowest BCUT2D eigenvalue weighted by atomic mass is 10.1. The first-order valence-corrected chi connectivity index (χ1v) is 6.89. The fraction of sp³-hybridized carbons (Fsp3) is 0.500. The van der Waals surface area contributed by atoms with E-state index in [0.717, 1.165) is 18.4 Å². The first-order valence-electron chi connectivity index (χ1n) is 6.89. The van der Waals surface area contributed by atoms with Gasteiger partial charge in [-0.25, -0.2) is 0 Å². The maximum atomic E-state index is 11.4. The van der Waals surface area contributed by atoms with Crippen LogP contribution in [0.3, 0.4) is 0 Å². The average Bonchev–Trinajstić information content (AvgIpc) is 3.27. The Morgan fingerprint density at radius 1 is 1.25 bits per heavy atom. The number of amides is 1. The van der Waals surface area contributed by atoms with Crippen molar-refractivity contribution in [3.05, 3.63) is 39.9 Å². The Morgan fingerprint density at radius 2 is 2.00 bits per heavy atom. The first kappa shape index (κ1) is 14.5. The number of hydrogen-bond donors (Lipinski definition) is 2. The number of rotatable bonds is 8. The molecular weight excluding hydrogens is 258 g/mol. The van der Waals surface area contributed by atoms with Crippen LogP contribution in [0.15, 0.2) is 24.3 Å². The molecule has 1 aromatic carbocycles. The maximum Gasteiger partial charge on any atom is 0.272 e. The van der Waals surface area contributed by atoms with Crippen molar-refractivity contribution < 1.29 is 9.72 Å². The van der Waals surface area contributed by atoms with Crippen molar-refractivity contribution in [2.75, 3.05) is 19.6 Å². The molecule has 6 heteroatoms. The summed E-state index contributed by atoms with van der Waals surface area (Å²) < 4.78 is 0. The Labute approximate surface area is 117 Å². The van der Waals surface area contributed by atoms with Crippen molar-refractivity contribution in [1.82, 2.24) is 10.6 Å². The third-order valence-electron chi connectivity index (χ3n) is 3.31. The van der Waals surface area contributed by atoms with E-state index >= 15 is 0 Å². The van der Waals surface area contributed by atoms with E-state index < -0.39 is 0 Å². The quantitative estimate of drug-likeness (QED) is 0.425. The van der Waals surface area contributed by atoms with Crippen LogP contribution >= 0.6 is 0 Å². The summed E-state index contributed by atoms with van der Waals surface area (Å²) in [6, 6.07) is 6.76. The molecule has 0 saturated heterocycles. The van der Waals surface area contributed by atoms with E-state index in [-0.39, 0.29) is 22.4 Å². The Morgan fingerprint density at radius 3 is 2.70 bits per heavy atom. The predicted octanol–water partition coefficient (Wildman–Crippen LogP) is 1.25. The van der Waals surface area contributed by atoms with E-state index in [4.69, 9.17) is 0 Å². The van der Waals surface area contributed by atoms with Crippen molar-refractivity contribution in [1.29, 1.82) is 0 Å². The van der Waals surface area contributed by atoms with Gasteiger partial charge in [0.15, 0.2) is 0 Å². The lowest BCUT2D eigenvalue weighted by Gasteiger charge is -2.06. The van der Waals surface area contributed by atoms with Crippen LogP contribution in [0.4, 0.5) is 5.69 Å². The molecule has 108 valence electrons. The van der Waals surface area contributed by atoms with Crippen LogP contribution in [0.1, 0.15) is 18.4 Å². The molecule has 1 saturated carbocycles. The van der Waals surface area contributed by atoms with Crippen molar-refractivity contribution in [2.45, 2.75) is 19.3 Å². The molecule has 0 bridgehead atoms. The SMILES string of the molecule is O=C(NCCNCCc1ccccc1[N+](=O)[O-])C1CC1. The summed E-state index contributed by atoms with van der Waals surface area (Å²) in [5.41, 5.74) is 0.892. The van der Waals surface area contributed by atoms with Gasteiger partial charge in [0, 0.05) is 30.6 Å². The monoisotopic (exact) mass is 277 g/mol. The lowest BCUT2D eigenvalue weighted by Crippen LogP contribution is -2.33. The molecule has 0 aromatic heterocycles. The molecule has 1 aliphatic carbocycles. The van der Waals surface area contributed by atoms with Crippen molar-refractivity contribution in [3.8, 4) is 0 Å². The highest BCUT2D eigenvalue weighted by Crippen LogP contribution is 2.28. The van der Waals surface area contributed by atoms with Crippen LogP contribution in [0, 0.1) is 16.0 Å². The molecule has 1 fully saturated rings. The normalized spacial score (nSPS) is 14.0. The van der Waals surface area contributed by atoms with Gasteiger partial charge in [0.1, 0.15) is 0 Å². The van der Waals surface area contributed by atoms with E-state index in [2.05, 4.69) is 10.6 Å². The standard InChI is InChI=1S/C14H19N3O3/c18-14(12-5-6-12)16-10-9-15-8-7-11-3-1-2-4-13(11)17(19)20/h1-4,12,15H,5-10H2,(H,16,18). The average molecular weight is 277 g/mol. The highest BCUT2D eigenvalue weighted by molar-refractivity contribution is 5.80. The smallest absolute Gasteiger partial charge is 0.272 e. The zero-order chi connectivity index (χ0) is 14.4. The van der Waals surface area contributed by atoms with Gasteiger partial charge in [-0.3, -0.25) is 14.9 Å². The topological polar surface area (TPSA) is 84.3 Å². The summed E-state index contributed by atoms with van der Waals surface area (Å²) in [7, 11) is 0. The van der Waals surface area contributed by atoms with Crippen molar-refractivity contribution >= 4 is 11.6 Å². The highest BCUT2D eigenvalue weighted by Gasteiger charge is 2.28. The summed E-state index contributed by atoms with van der Waals surface area (Å²) in [4.78, 5) is 21.8. The maximum absolute atomic E-state index is 11.4. The van der Waals surface area contributed by atoms with Gasteiger partial charge in [0.2, 0.25) is 5.91 Å². The minimum absolute atomic E-state index is 0.144. The minimum Gasteiger partial charge on any atom is -0.355 e. The number of benzene rings is 1. The molecule has 2 N–H and O–H groups in total. The van der Waals surface area contributed by atoms with Gasteiger partial charge in [-0.1, -0.05) is 18.2 Å². The van der Waals surface area contributed by atoms with Gasteiger partial charge in [0.05, 0.1) is 4.92 Å². The van der Waals surface area contributed by atoms with E-state index in [0.29, 0.717) is 26.1 Å². The number of carbonyl (C=O) groups excluding carboxylic acids is 1. The minimum atomic E-state index is -0.356. The van der Waals surface area contributed by atoms with Gasteiger partial charge >= 0.3 is 0 Å². The molecule has 0 aliphatic heterocycles. The van der Waals surface area contributed by atoms with E-state index in [1.54, 1.807) is 18.2 Å². The van der Waals surface area contributed by atoms with Crippen LogP contribution in [-0.2, 0) is 11.2 Å². The third kappa shape index (κ3) is 4.31. The van der Waals surface area contributed by atoms with Gasteiger partial charge in [-0.15, -0.1) is 0 Å². The lowest BCUT2D eigenvalue weighted by molar-refractivity contribution is -0.385. The number of nitrogens with zero attached hydrogens (tertiary/aromatic N) is 1. The number of para-hydroxylation sites is 1. The van der Waals surface area contributed by atoms with Crippen LogP contribution < -0.4 is 10.6 Å². The second kappa shape index (κ2) is 7.00. The number of nitro groups is 1. The zero-order valence-corrected chi connectivity index (χ0v) is 11.3. The molecule has 0 radical (unpaired) electrons. The summed E-state index contributed by atoms with van der Waals surface area (Å²) in [5.74, 6) is 0.382. The Hall–Kier alpha value is -1.95. The van der Waals surface area contributed by atoms with Crippen LogP contribution in [0.25, 0.3) is 0 Å². The van der Waals surface area contributed by atoms with Gasteiger partial charge in [0.25, 0.3) is 5.69 Å². The fourth-order valence-electron chi connectivity index (χ4n) is 2.01. The third-order valence-corrected chi connectivity index (χ3v) is 3.31. The van der Waals surface area contributed by atoms with E-state index in [1.165, 1.54) is 6.07 Å². The second-order valence-corrected chi connectivity index (χ2v) is 4.95. The van der Waals surface area contributed by atoms with Crippen LogP contribution in [0.2, 0.25) is 0 Å². The van der Waals surface area contributed by atoms with Crippen molar-refractivity contribution in [2.24, 2.45) is 5.92 Å². The van der Waals surface area contributed by atoms with Crippen LogP contribution in [0.5, 0.6) is 0 Å². The summed E-state index contributed by atoms with van der Waals surface area (Å²) >= 11 is 0. The summed E-state index contributed by atoms with van der Waals surface area (Å²) in [6.45, 7) is 1.94. The number of carbonyl (C=O) groups is 1. The number of hydrogen-bond acceptors (Lipinski definition) is 4. The van der Waals surface area contributed by atoms with Crippen LogP contribution in [-0.4, -0.2) is 30.5 Å². The molecule has 0 atom stereocenters. The van der Waals surface area contributed by atoms with Gasteiger partial charge in [-0.2, -0.15) is 0 Å². The van der Waals surface area contributed by atoms with E-state index in [9.17, 15) is 14.9 Å². The largest absolute Gasteiger partial charge is 0.355 e. The molecule has 1 amide bonds. The molecule has 0 heterocycles. The first-order chi connectivity index (χ1) is 9.68.